The fourth-order valence-corrected chi connectivity index (χ4v) is 3.99. The van der Waals surface area contributed by atoms with Crippen LogP contribution in [0.3, 0.4) is 0 Å². The Morgan fingerprint density at radius 1 is 0.912 bits per heavy atom. The van der Waals surface area contributed by atoms with Gasteiger partial charge in [-0.15, -0.1) is 10.2 Å². The first-order chi connectivity index (χ1) is 16.6. The molecule has 34 heavy (non-hydrogen) atoms. The number of amides is 1. The van der Waals surface area contributed by atoms with Crippen LogP contribution >= 0.6 is 0 Å². The van der Waals surface area contributed by atoms with Crippen molar-refractivity contribution in [3.8, 4) is 34.4 Å². The number of para-hydroxylation sites is 1. The van der Waals surface area contributed by atoms with Crippen LogP contribution in [0.15, 0.2) is 71.1 Å². The summed E-state index contributed by atoms with van der Waals surface area (Å²) in [5.41, 5.74) is 4.25. The summed E-state index contributed by atoms with van der Waals surface area (Å²) in [6.07, 6.45) is 0. The molecule has 1 amide bonds. The molecule has 7 heteroatoms. The SMILES string of the molecule is CCN(Cc1cccc2c1OCCO2)C(=O)c1ccc(-c2nnc(-c3ccccc3C)o2)cc1. The molecule has 3 aromatic carbocycles. The molecule has 0 aliphatic carbocycles. The zero-order chi connectivity index (χ0) is 23.5. The zero-order valence-corrected chi connectivity index (χ0v) is 19.2. The van der Waals surface area contributed by atoms with E-state index in [9.17, 15) is 4.79 Å². The molecule has 1 aliphatic heterocycles. The van der Waals surface area contributed by atoms with E-state index in [0.29, 0.717) is 43.6 Å². The van der Waals surface area contributed by atoms with E-state index < -0.39 is 0 Å². The number of benzene rings is 3. The van der Waals surface area contributed by atoms with Gasteiger partial charge >= 0.3 is 0 Å². The van der Waals surface area contributed by atoms with Gasteiger partial charge in [-0.3, -0.25) is 4.79 Å². The summed E-state index contributed by atoms with van der Waals surface area (Å²) in [6, 6.07) is 20.9. The molecule has 0 unspecified atom stereocenters. The van der Waals surface area contributed by atoms with E-state index in [2.05, 4.69) is 10.2 Å². The number of nitrogens with zero attached hydrogens (tertiary/aromatic N) is 3. The fourth-order valence-electron chi connectivity index (χ4n) is 3.99. The number of rotatable bonds is 6. The Morgan fingerprint density at radius 3 is 2.47 bits per heavy atom. The van der Waals surface area contributed by atoms with Crippen molar-refractivity contribution in [2.75, 3.05) is 19.8 Å². The average Bonchev–Trinajstić information content (AvgIpc) is 3.37. The van der Waals surface area contributed by atoms with E-state index in [-0.39, 0.29) is 5.91 Å². The first kappa shape index (κ1) is 21.7. The van der Waals surface area contributed by atoms with Crippen molar-refractivity contribution in [2.24, 2.45) is 0 Å². The second-order valence-corrected chi connectivity index (χ2v) is 8.07. The molecule has 0 radical (unpaired) electrons. The number of aromatic nitrogens is 2. The molecule has 0 spiro atoms. The molecule has 0 saturated heterocycles. The minimum atomic E-state index is -0.0606. The van der Waals surface area contributed by atoms with Gasteiger partial charge in [0.05, 0.1) is 0 Å². The van der Waals surface area contributed by atoms with Crippen molar-refractivity contribution in [1.82, 2.24) is 15.1 Å². The predicted octanol–water partition coefficient (Wildman–Crippen LogP) is 5.15. The number of fused-ring (bicyclic) bond motifs is 1. The van der Waals surface area contributed by atoms with Crippen molar-refractivity contribution >= 4 is 5.91 Å². The van der Waals surface area contributed by atoms with Crippen LogP contribution in [0.25, 0.3) is 22.9 Å². The second-order valence-electron chi connectivity index (χ2n) is 8.07. The molecule has 1 aromatic heterocycles. The van der Waals surface area contributed by atoms with E-state index in [4.69, 9.17) is 13.9 Å². The maximum atomic E-state index is 13.2. The standard InChI is InChI=1S/C27H25N3O4/c1-3-30(17-21-8-6-10-23-24(21)33-16-15-32-23)27(31)20-13-11-19(12-14-20)25-28-29-26(34-25)22-9-5-4-7-18(22)2/h4-14H,3,15-17H2,1-2H3. The quantitative estimate of drug-likeness (QED) is 0.400. The summed E-state index contributed by atoms with van der Waals surface area (Å²) < 4.78 is 17.4. The summed E-state index contributed by atoms with van der Waals surface area (Å²) >= 11 is 0. The van der Waals surface area contributed by atoms with Gasteiger partial charge in [-0.25, -0.2) is 0 Å². The molecule has 0 fully saturated rings. The van der Waals surface area contributed by atoms with Gasteiger partial charge in [0, 0.05) is 35.3 Å². The van der Waals surface area contributed by atoms with Gasteiger partial charge in [-0.1, -0.05) is 30.3 Å². The maximum Gasteiger partial charge on any atom is 0.254 e. The molecule has 0 atom stereocenters. The smallest absolute Gasteiger partial charge is 0.254 e. The van der Waals surface area contributed by atoms with E-state index in [0.717, 1.165) is 33.8 Å². The van der Waals surface area contributed by atoms with E-state index in [1.165, 1.54) is 0 Å². The summed E-state index contributed by atoms with van der Waals surface area (Å²) in [5.74, 6) is 2.27. The highest BCUT2D eigenvalue weighted by Crippen LogP contribution is 2.34. The summed E-state index contributed by atoms with van der Waals surface area (Å²) in [7, 11) is 0. The normalized spacial score (nSPS) is 12.4. The molecule has 0 saturated carbocycles. The number of carbonyl (C=O) groups excluding carboxylic acids is 1. The van der Waals surface area contributed by atoms with E-state index in [1.807, 2.05) is 68.4 Å². The van der Waals surface area contributed by atoms with Gasteiger partial charge in [0.25, 0.3) is 5.91 Å². The minimum Gasteiger partial charge on any atom is -0.486 e. The van der Waals surface area contributed by atoms with E-state index >= 15 is 0 Å². The monoisotopic (exact) mass is 455 g/mol. The van der Waals surface area contributed by atoms with E-state index in [1.54, 1.807) is 17.0 Å². The van der Waals surface area contributed by atoms with Crippen LogP contribution in [0, 0.1) is 6.92 Å². The van der Waals surface area contributed by atoms with Crippen LogP contribution in [0.5, 0.6) is 11.5 Å². The van der Waals surface area contributed by atoms with Crippen molar-refractivity contribution < 1.29 is 18.7 Å². The number of aryl methyl sites for hydroxylation is 1. The highest BCUT2D eigenvalue weighted by Gasteiger charge is 2.21. The third-order valence-electron chi connectivity index (χ3n) is 5.86. The van der Waals surface area contributed by atoms with Gasteiger partial charge in [0.2, 0.25) is 11.8 Å². The number of hydrogen-bond donors (Lipinski definition) is 0. The van der Waals surface area contributed by atoms with Crippen LogP contribution < -0.4 is 9.47 Å². The number of hydrogen-bond acceptors (Lipinski definition) is 6. The molecule has 1 aliphatic rings. The van der Waals surface area contributed by atoms with Gasteiger partial charge in [-0.05, 0) is 55.8 Å². The van der Waals surface area contributed by atoms with Crippen molar-refractivity contribution in [2.45, 2.75) is 20.4 Å². The molecular formula is C27H25N3O4. The van der Waals surface area contributed by atoms with Crippen LogP contribution in [0.4, 0.5) is 0 Å². The fraction of sp³-hybridized carbons (Fsp3) is 0.222. The largest absolute Gasteiger partial charge is 0.486 e. The highest BCUT2D eigenvalue weighted by molar-refractivity contribution is 5.94. The van der Waals surface area contributed by atoms with Gasteiger partial charge in [0.1, 0.15) is 13.2 Å². The van der Waals surface area contributed by atoms with Gasteiger partial charge < -0.3 is 18.8 Å². The molecule has 0 bridgehead atoms. The third kappa shape index (κ3) is 4.24. The lowest BCUT2D eigenvalue weighted by Crippen LogP contribution is -2.30. The molecule has 0 N–H and O–H groups in total. The molecule has 2 heterocycles. The Hall–Kier alpha value is -4.13. The number of ether oxygens (including phenoxy) is 2. The average molecular weight is 456 g/mol. The van der Waals surface area contributed by atoms with Crippen LogP contribution in [-0.2, 0) is 6.54 Å². The summed E-state index contributed by atoms with van der Waals surface area (Å²) in [6.45, 7) is 6.01. The van der Waals surface area contributed by atoms with Crippen molar-refractivity contribution in [3.63, 3.8) is 0 Å². The Morgan fingerprint density at radius 2 is 1.68 bits per heavy atom. The van der Waals surface area contributed by atoms with Crippen LogP contribution in [0.1, 0.15) is 28.4 Å². The van der Waals surface area contributed by atoms with Crippen LogP contribution in [-0.4, -0.2) is 40.8 Å². The lowest BCUT2D eigenvalue weighted by atomic mass is 10.1. The van der Waals surface area contributed by atoms with Gasteiger partial charge in [0.15, 0.2) is 11.5 Å². The first-order valence-electron chi connectivity index (χ1n) is 11.3. The highest BCUT2D eigenvalue weighted by atomic mass is 16.6. The lowest BCUT2D eigenvalue weighted by Gasteiger charge is -2.25. The van der Waals surface area contributed by atoms with Gasteiger partial charge in [-0.2, -0.15) is 0 Å². The molecule has 5 rings (SSSR count). The zero-order valence-electron chi connectivity index (χ0n) is 19.2. The number of carbonyl (C=O) groups is 1. The van der Waals surface area contributed by atoms with Crippen molar-refractivity contribution in [3.05, 3.63) is 83.4 Å². The molecule has 7 nitrogen and oxygen atoms in total. The second kappa shape index (κ2) is 9.39. The molecule has 4 aromatic rings. The van der Waals surface area contributed by atoms with Crippen molar-refractivity contribution in [1.29, 1.82) is 0 Å². The predicted molar refractivity (Wildman–Crippen MR) is 128 cm³/mol. The maximum absolute atomic E-state index is 13.2. The summed E-state index contributed by atoms with van der Waals surface area (Å²) in [4.78, 5) is 15.0. The Balaban J connectivity index is 1.33. The molecule has 172 valence electrons. The minimum absolute atomic E-state index is 0.0606. The topological polar surface area (TPSA) is 77.7 Å². The Kier molecular flexibility index (Phi) is 5.99. The molecular weight excluding hydrogens is 430 g/mol. The Labute approximate surface area is 198 Å². The lowest BCUT2D eigenvalue weighted by molar-refractivity contribution is 0.0749. The first-order valence-corrected chi connectivity index (χ1v) is 11.3. The Bertz CT molecular complexity index is 1310. The van der Waals surface area contributed by atoms with Crippen LogP contribution in [0.2, 0.25) is 0 Å². The summed E-state index contributed by atoms with van der Waals surface area (Å²) in [5, 5.41) is 8.38. The third-order valence-corrected chi connectivity index (χ3v) is 5.86.